The van der Waals surface area contributed by atoms with Crippen LogP contribution in [0, 0.1) is 0 Å². The Labute approximate surface area is 95.5 Å². The Morgan fingerprint density at radius 1 is 1.53 bits per heavy atom. The maximum atomic E-state index is 4.12. The maximum Gasteiger partial charge on any atom is 0.0794 e. The summed E-state index contributed by atoms with van der Waals surface area (Å²) in [5.41, 5.74) is 1.90. The largest absolute Gasteiger partial charge is 0.307 e. The summed E-state index contributed by atoms with van der Waals surface area (Å²) < 4.78 is 0. The van der Waals surface area contributed by atoms with Crippen LogP contribution < -0.4 is 5.32 Å². The molecule has 0 saturated carbocycles. The summed E-state index contributed by atoms with van der Waals surface area (Å²) in [6.45, 7) is 4.66. The molecule has 2 heterocycles. The first-order valence-corrected chi connectivity index (χ1v) is 6.46. The number of thiazole rings is 1. The van der Waals surface area contributed by atoms with Gasteiger partial charge in [0.2, 0.25) is 0 Å². The van der Waals surface area contributed by atoms with Crippen molar-refractivity contribution < 1.29 is 0 Å². The van der Waals surface area contributed by atoms with Crippen LogP contribution in [0.4, 0.5) is 0 Å². The van der Waals surface area contributed by atoms with E-state index < -0.39 is 0 Å². The second kappa shape index (κ2) is 5.05. The Morgan fingerprint density at radius 2 is 2.27 bits per heavy atom. The Kier molecular flexibility index (Phi) is 3.72. The van der Waals surface area contributed by atoms with Crippen LogP contribution in [-0.4, -0.2) is 36.1 Å². The normalized spacial score (nSPS) is 21.7. The maximum absolute atomic E-state index is 4.12. The van der Waals surface area contributed by atoms with Gasteiger partial charge in [-0.25, -0.2) is 0 Å². The molecule has 1 N–H and O–H groups in total. The van der Waals surface area contributed by atoms with Crippen LogP contribution in [0.5, 0.6) is 0 Å². The van der Waals surface area contributed by atoms with E-state index in [0.717, 1.165) is 0 Å². The number of nitrogens with zero attached hydrogens (tertiary/aromatic N) is 2. The third-order valence-electron chi connectivity index (χ3n) is 3.08. The van der Waals surface area contributed by atoms with Crippen molar-refractivity contribution in [3.63, 3.8) is 0 Å². The van der Waals surface area contributed by atoms with E-state index in [9.17, 15) is 0 Å². The Balaban J connectivity index is 1.82. The first-order valence-electron chi connectivity index (χ1n) is 5.58. The van der Waals surface area contributed by atoms with E-state index >= 15 is 0 Å². The van der Waals surface area contributed by atoms with Gasteiger partial charge >= 0.3 is 0 Å². The molecule has 84 valence electrons. The number of rotatable bonds is 3. The number of likely N-dealkylation sites (tertiary alicyclic amines) is 1. The fourth-order valence-electron chi connectivity index (χ4n) is 2.05. The summed E-state index contributed by atoms with van der Waals surface area (Å²) in [5, 5.41) is 3.69. The highest BCUT2D eigenvalue weighted by atomic mass is 32.1. The summed E-state index contributed by atoms with van der Waals surface area (Å²) in [5.74, 6) is 0. The zero-order valence-corrected chi connectivity index (χ0v) is 10.3. The molecule has 1 fully saturated rings. The molecule has 1 unspecified atom stereocenters. The van der Waals surface area contributed by atoms with Crippen LogP contribution in [0.25, 0.3) is 0 Å². The lowest BCUT2D eigenvalue weighted by molar-refractivity contribution is 0.227. The number of hydrogen-bond acceptors (Lipinski definition) is 4. The van der Waals surface area contributed by atoms with Gasteiger partial charge in [-0.1, -0.05) is 0 Å². The van der Waals surface area contributed by atoms with Gasteiger partial charge in [-0.3, -0.25) is 4.98 Å². The predicted molar refractivity (Wildman–Crippen MR) is 64.2 cm³/mol. The molecule has 0 amide bonds. The third kappa shape index (κ3) is 3.00. The van der Waals surface area contributed by atoms with E-state index in [2.05, 4.69) is 29.2 Å². The van der Waals surface area contributed by atoms with Crippen molar-refractivity contribution in [3.8, 4) is 0 Å². The molecule has 0 aliphatic carbocycles. The SMILES string of the molecule is CC(NC1CCN(C)CC1)c1cncs1. The smallest absolute Gasteiger partial charge is 0.0794 e. The van der Waals surface area contributed by atoms with Crippen molar-refractivity contribution in [2.45, 2.75) is 31.8 Å². The van der Waals surface area contributed by atoms with Gasteiger partial charge in [0.05, 0.1) is 5.51 Å². The highest BCUT2D eigenvalue weighted by Gasteiger charge is 2.18. The second-order valence-electron chi connectivity index (χ2n) is 4.37. The van der Waals surface area contributed by atoms with Gasteiger partial charge in [-0.2, -0.15) is 0 Å². The predicted octanol–water partition coefficient (Wildman–Crippen LogP) is 1.89. The summed E-state index contributed by atoms with van der Waals surface area (Å²) in [4.78, 5) is 7.86. The molecule has 3 nitrogen and oxygen atoms in total. The fraction of sp³-hybridized carbons (Fsp3) is 0.727. The number of piperidine rings is 1. The van der Waals surface area contributed by atoms with Crippen molar-refractivity contribution >= 4 is 11.3 Å². The highest BCUT2D eigenvalue weighted by molar-refractivity contribution is 7.09. The second-order valence-corrected chi connectivity index (χ2v) is 5.29. The van der Waals surface area contributed by atoms with Gasteiger partial charge < -0.3 is 10.2 Å². The lowest BCUT2D eigenvalue weighted by Crippen LogP contribution is -2.41. The van der Waals surface area contributed by atoms with E-state index in [-0.39, 0.29) is 0 Å². The van der Waals surface area contributed by atoms with Crippen molar-refractivity contribution in [2.24, 2.45) is 0 Å². The Morgan fingerprint density at radius 3 is 2.87 bits per heavy atom. The van der Waals surface area contributed by atoms with Gasteiger partial charge in [-0.15, -0.1) is 11.3 Å². The molecule has 1 aliphatic heterocycles. The van der Waals surface area contributed by atoms with Crippen LogP contribution in [0.2, 0.25) is 0 Å². The monoisotopic (exact) mass is 225 g/mol. The minimum absolute atomic E-state index is 0.450. The minimum Gasteiger partial charge on any atom is -0.307 e. The summed E-state index contributed by atoms with van der Waals surface area (Å²) in [7, 11) is 2.20. The molecule has 1 saturated heterocycles. The average molecular weight is 225 g/mol. The van der Waals surface area contributed by atoms with Gasteiger partial charge in [0.15, 0.2) is 0 Å². The third-order valence-corrected chi connectivity index (χ3v) is 4.04. The summed E-state index contributed by atoms with van der Waals surface area (Å²) >= 11 is 1.74. The van der Waals surface area contributed by atoms with Gasteiger partial charge in [0.1, 0.15) is 0 Å². The minimum atomic E-state index is 0.450. The summed E-state index contributed by atoms with van der Waals surface area (Å²) in [6.07, 6.45) is 4.50. The molecule has 0 aromatic carbocycles. The molecular weight excluding hydrogens is 206 g/mol. The Bertz CT molecular complexity index is 278. The van der Waals surface area contributed by atoms with Gasteiger partial charge in [0.25, 0.3) is 0 Å². The van der Waals surface area contributed by atoms with Gasteiger partial charge in [0, 0.05) is 23.2 Å². The highest BCUT2D eigenvalue weighted by Crippen LogP contribution is 2.19. The molecule has 1 atom stereocenters. The molecule has 4 heteroatoms. The van der Waals surface area contributed by atoms with Crippen molar-refractivity contribution in [3.05, 3.63) is 16.6 Å². The van der Waals surface area contributed by atoms with E-state index in [1.165, 1.54) is 30.8 Å². The van der Waals surface area contributed by atoms with Crippen molar-refractivity contribution in [1.82, 2.24) is 15.2 Å². The van der Waals surface area contributed by atoms with Crippen molar-refractivity contribution in [1.29, 1.82) is 0 Å². The quantitative estimate of drug-likeness (QED) is 0.851. The van der Waals surface area contributed by atoms with Crippen LogP contribution >= 0.6 is 11.3 Å². The lowest BCUT2D eigenvalue weighted by atomic mass is 10.0. The number of aromatic nitrogens is 1. The molecule has 15 heavy (non-hydrogen) atoms. The standard InChI is InChI=1S/C11H19N3S/c1-9(11-7-12-8-15-11)13-10-3-5-14(2)6-4-10/h7-10,13H,3-6H2,1-2H3. The molecular formula is C11H19N3S. The van der Waals surface area contributed by atoms with Gasteiger partial charge in [-0.05, 0) is 39.9 Å². The van der Waals surface area contributed by atoms with Crippen LogP contribution in [-0.2, 0) is 0 Å². The molecule has 2 rings (SSSR count). The van der Waals surface area contributed by atoms with E-state index in [1.807, 2.05) is 11.7 Å². The lowest BCUT2D eigenvalue weighted by Gasteiger charge is -2.31. The van der Waals surface area contributed by atoms with Crippen molar-refractivity contribution in [2.75, 3.05) is 20.1 Å². The first-order chi connectivity index (χ1) is 7.25. The molecule has 1 aliphatic rings. The van der Waals surface area contributed by atoms with E-state index in [0.29, 0.717) is 12.1 Å². The number of hydrogen-bond donors (Lipinski definition) is 1. The van der Waals surface area contributed by atoms with E-state index in [4.69, 9.17) is 0 Å². The molecule has 1 aromatic rings. The molecule has 1 aromatic heterocycles. The first kappa shape index (κ1) is 11.0. The van der Waals surface area contributed by atoms with Crippen LogP contribution in [0.15, 0.2) is 11.7 Å². The molecule has 0 bridgehead atoms. The summed E-state index contributed by atoms with van der Waals surface area (Å²) in [6, 6.07) is 1.13. The zero-order chi connectivity index (χ0) is 10.7. The molecule has 0 radical (unpaired) electrons. The molecule has 0 spiro atoms. The average Bonchev–Trinajstić information content (AvgIpc) is 2.74. The van der Waals surface area contributed by atoms with Crippen LogP contribution in [0.3, 0.4) is 0 Å². The fourth-order valence-corrected chi connectivity index (χ4v) is 2.69. The zero-order valence-electron chi connectivity index (χ0n) is 9.44. The number of nitrogens with one attached hydrogen (secondary N) is 1. The van der Waals surface area contributed by atoms with E-state index in [1.54, 1.807) is 11.3 Å². The van der Waals surface area contributed by atoms with Crippen LogP contribution in [0.1, 0.15) is 30.7 Å². The topological polar surface area (TPSA) is 28.2 Å². The Hall–Kier alpha value is -0.450.